The molecule has 0 bridgehead atoms. The van der Waals surface area contributed by atoms with E-state index in [-0.39, 0.29) is 23.3 Å². The summed E-state index contributed by atoms with van der Waals surface area (Å²) in [6.45, 7) is 12.5. The van der Waals surface area contributed by atoms with Gasteiger partial charge < -0.3 is 9.41 Å². The highest BCUT2D eigenvalue weighted by Crippen LogP contribution is 2.41. The zero-order valence-electron chi connectivity index (χ0n) is 15.7. The summed E-state index contributed by atoms with van der Waals surface area (Å²) in [7, 11) is -3.62. The first-order chi connectivity index (χ1) is 11.4. The number of β-lactam (4-membered cyclic amide) rings is 1. The monoisotopic (exact) mass is 510 g/mol. The third kappa shape index (κ3) is 5.21. The lowest BCUT2D eigenvalue weighted by Gasteiger charge is -2.51. The Bertz CT molecular complexity index is 626. The molecule has 0 aromatic rings. The van der Waals surface area contributed by atoms with Crippen LogP contribution in [-0.4, -0.2) is 54.9 Å². The first kappa shape index (κ1) is 21.2. The number of nitrogens with zero attached hydrogens (tertiary/aromatic N) is 1. The molecule has 1 amide bonds. The number of thioether (sulfide) groups is 1. The van der Waals surface area contributed by atoms with Crippen molar-refractivity contribution in [2.45, 2.75) is 50.7 Å². The van der Waals surface area contributed by atoms with Crippen LogP contribution in [-0.2, 0) is 14.0 Å². The molecule has 2 rings (SSSR count). The second-order valence-electron chi connectivity index (χ2n) is 8.21. The second kappa shape index (κ2) is 7.87. The Balaban J connectivity index is 2.32. The predicted octanol–water partition coefficient (Wildman–Crippen LogP) is 3.32. The van der Waals surface area contributed by atoms with E-state index in [4.69, 9.17) is 4.43 Å². The number of nitrogens with one attached hydrogen (secondary N) is 1. The lowest BCUT2D eigenvalue weighted by atomic mass is 10.0. The Labute approximate surface area is 170 Å². The number of rotatable bonds is 6. The van der Waals surface area contributed by atoms with E-state index in [1.54, 1.807) is 16.7 Å². The van der Waals surface area contributed by atoms with Crippen molar-refractivity contribution in [3.63, 3.8) is 0 Å². The van der Waals surface area contributed by atoms with E-state index >= 15 is 0 Å². The van der Waals surface area contributed by atoms with Crippen molar-refractivity contribution >= 4 is 62.8 Å². The van der Waals surface area contributed by atoms with Crippen LogP contribution in [0.3, 0.4) is 0 Å². The minimum Gasteiger partial charge on any atom is -0.515 e. The average Bonchev–Trinajstić information content (AvgIpc) is 2.47. The number of carbonyl (C=O) groups is 2. The van der Waals surface area contributed by atoms with Crippen LogP contribution in [0.5, 0.6) is 0 Å². The van der Waals surface area contributed by atoms with Gasteiger partial charge in [-0.3, -0.25) is 9.69 Å². The van der Waals surface area contributed by atoms with Crippen LogP contribution in [0.15, 0.2) is 23.4 Å². The lowest BCUT2D eigenvalue weighted by Crippen LogP contribution is -2.73. The number of fused-ring (bicyclic) bond motifs is 1. The van der Waals surface area contributed by atoms with Gasteiger partial charge in [0.05, 0.1) is 0 Å². The van der Waals surface area contributed by atoms with E-state index < -0.39 is 16.6 Å². The molecule has 0 saturated carbocycles. The molecular formula is C16H27IN2O3SSi2. The van der Waals surface area contributed by atoms with Gasteiger partial charge in [-0.15, -0.1) is 11.8 Å². The first-order valence-electron chi connectivity index (χ1n) is 8.36. The van der Waals surface area contributed by atoms with Gasteiger partial charge in [0.15, 0.2) is 0 Å². The van der Waals surface area contributed by atoms with E-state index in [2.05, 4.69) is 47.2 Å². The highest BCUT2D eigenvalue weighted by molar-refractivity contribution is 14.1. The SMILES string of the molecule is C[Si](C)(C)NC1C(=O)N2C(C(=O)O[Si](C)(C)C)=C(C=CCI)CS[C@H]12. The van der Waals surface area contributed by atoms with Gasteiger partial charge in [0.1, 0.15) is 25.3 Å². The molecule has 0 aliphatic carbocycles. The van der Waals surface area contributed by atoms with Gasteiger partial charge in [0, 0.05) is 10.2 Å². The maximum atomic E-state index is 12.8. The standard InChI is InChI=1S/C16H27IN2O3SSi2/c1-24(2,3)18-12-14(20)19-13(16(21)22-25(4,5)6)11(8-7-9-17)10-23-15(12)19/h7-8,12,15,18H,9-10H2,1-6H3/t12?,15-/m1/s1. The topological polar surface area (TPSA) is 58.6 Å². The zero-order chi connectivity index (χ0) is 19.0. The van der Waals surface area contributed by atoms with Crippen molar-refractivity contribution in [3.05, 3.63) is 23.4 Å². The smallest absolute Gasteiger partial charge is 0.342 e. The highest BCUT2D eigenvalue weighted by Gasteiger charge is 2.54. The fourth-order valence-corrected chi connectivity index (χ4v) is 6.30. The number of hydrogen-bond donors (Lipinski definition) is 1. The number of amides is 1. The third-order valence-electron chi connectivity index (χ3n) is 3.59. The van der Waals surface area contributed by atoms with Crippen LogP contribution in [0.2, 0.25) is 39.3 Å². The summed E-state index contributed by atoms with van der Waals surface area (Å²) in [4.78, 5) is 30.8. The number of hydrogen-bond acceptors (Lipinski definition) is 5. The minimum absolute atomic E-state index is 0.0116. The molecule has 2 heterocycles. The second-order valence-corrected chi connectivity index (χ2v) is 19.4. The molecule has 0 spiro atoms. The van der Waals surface area contributed by atoms with Crippen molar-refractivity contribution in [2.75, 3.05) is 10.2 Å². The Morgan fingerprint density at radius 2 is 2.00 bits per heavy atom. The summed E-state index contributed by atoms with van der Waals surface area (Å²) in [5, 5.41) is -0.0137. The lowest BCUT2D eigenvalue weighted by molar-refractivity contribution is -0.147. The number of halogens is 1. The van der Waals surface area contributed by atoms with E-state index in [0.717, 1.165) is 15.8 Å². The molecule has 0 aromatic heterocycles. The molecule has 2 aliphatic rings. The van der Waals surface area contributed by atoms with Gasteiger partial charge >= 0.3 is 5.97 Å². The van der Waals surface area contributed by atoms with Crippen molar-refractivity contribution in [1.82, 2.24) is 9.88 Å². The Kier molecular flexibility index (Phi) is 6.67. The largest absolute Gasteiger partial charge is 0.515 e. The molecule has 2 atom stereocenters. The maximum Gasteiger partial charge on any atom is 0.342 e. The molecule has 5 nitrogen and oxygen atoms in total. The third-order valence-corrected chi connectivity index (χ3v) is 7.37. The summed E-state index contributed by atoms with van der Waals surface area (Å²) < 4.78 is 6.58. The quantitative estimate of drug-likeness (QED) is 0.257. The number of alkyl halides is 1. The molecule has 2 aliphatic heterocycles. The van der Waals surface area contributed by atoms with Crippen LogP contribution in [0.4, 0.5) is 0 Å². The highest BCUT2D eigenvalue weighted by atomic mass is 127. The summed E-state index contributed by atoms with van der Waals surface area (Å²) in [6, 6.07) is -0.193. The van der Waals surface area contributed by atoms with Gasteiger partial charge in [0.2, 0.25) is 14.2 Å². The molecule has 0 aromatic carbocycles. The first-order valence-corrected chi connectivity index (χ1v) is 17.8. The van der Waals surface area contributed by atoms with Crippen LogP contribution in [0.25, 0.3) is 0 Å². The summed E-state index contributed by atoms with van der Waals surface area (Å²) in [5.41, 5.74) is 1.34. The molecule has 1 unspecified atom stereocenters. The number of allylic oxidation sites excluding steroid dienone is 2. The Hall–Kier alpha value is -0.106. The van der Waals surface area contributed by atoms with Crippen molar-refractivity contribution in [3.8, 4) is 0 Å². The minimum atomic E-state index is -2.03. The predicted molar refractivity (Wildman–Crippen MR) is 118 cm³/mol. The maximum absolute atomic E-state index is 12.8. The molecule has 1 fully saturated rings. The van der Waals surface area contributed by atoms with E-state index in [9.17, 15) is 9.59 Å². The van der Waals surface area contributed by atoms with Crippen LogP contribution >= 0.6 is 34.4 Å². The summed E-state index contributed by atoms with van der Waals surface area (Å²) >= 11 is 3.98. The molecule has 25 heavy (non-hydrogen) atoms. The van der Waals surface area contributed by atoms with Gasteiger partial charge in [-0.2, -0.15) is 0 Å². The van der Waals surface area contributed by atoms with Gasteiger partial charge in [0.25, 0.3) is 0 Å². The molecule has 140 valence electrons. The van der Waals surface area contributed by atoms with Gasteiger partial charge in [-0.25, -0.2) is 4.79 Å². The fourth-order valence-electron chi connectivity index (χ4n) is 2.74. The Morgan fingerprint density at radius 1 is 1.36 bits per heavy atom. The van der Waals surface area contributed by atoms with Crippen molar-refractivity contribution in [1.29, 1.82) is 0 Å². The molecule has 1 N–H and O–H groups in total. The zero-order valence-corrected chi connectivity index (χ0v) is 20.7. The Morgan fingerprint density at radius 3 is 2.52 bits per heavy atom. The van der Waals surface area contributed by atoms with E-state index in [0.29, 0.717) is 5.70 Å². The number of carbonyl (C=O) groups excluding carboxylic acids is 2. The molecule has 9 heteroatoms. The van der Waals surface area contributed by atoms with E-state index in [1.165, 1.54) is 0 Å². The summed E-state index contributed by atoms with van der Waals surface area (Å²) in [6.07, 6.45) is 3.98. The van der Waals surface area contributed by atoms with Crippen LogP contribution in [0, 0.1) is 0 Å². The van der Waals surface area contributed by atoms with Gasteiger partial charge in [-0.1, -0.05) is 54.4 Å². The molecule has 1 saturated heterocycles. The average molecular weight is 511 g/mol. The van der Waals surface area contributed by atoms with Crippen LogP contribution < -0.4 is 4.98 Å². The summed E-state index contributed by atoms with van der Waals surface area (Å²) in [5.74, 6) is 0.363. The fraction of sp³-hybridized carbons (Fsp3) is 0.625. The molecular weight excluding hydrogens is 483 g/mol. The van der Waals surface area contributed by atoms with Crippen LogP contribution in [0.1, 0.15) is 0 Å². The van der Waals surface area contributed by atoms with Crippen molar-refractivity contribution < 1.29 is 14.0 Å². The van der Waals surface area contributed by atoms with E-state index in [1.807, 2.05) is 31.8 Å². The van der Waals surface area contributed by atoms with Gasteiger partial charge in [-0.05, 0) is 25.2 Å². The van der Waals surface area contributed by atoms with Crippen molar-refractivity contribution in [2.24, 2.45) is 0 Å². The molecule has 0 radical (unpaired) electrons. The normalized spacial score (nSPS) is 24.4.